The lowest BCUT2D eigenvalue weighted by molar-refractivity contribution is -0.125. The Balaban J connectivity index is 1.98. The highest BCUT2D eigenvalue weighted by Gasteiger charge is 2.20. The predicted octanol–water partition coefficient (Wildman–Crippen LogP) is 3.73. The second-order valence-corrected chi connectivity index (χ2v) is 5.74. The normalized spacial score (nSPS) is 16.5. The fourth-order valence-electron chi connectivity index (χ4n) is 2.31. The van der Waals surface area contributed by atoms with Crippen molar-refractivity contribution in [3.63, 3.8) is 0 Å². The highest BCUT2D eigenvalue weighted by Crippen LogP contribution is 2.30. The minimum Gasteiger partial charge on any atom is -0.506 e. The van der Waals surface area contributed by atoms with Gasteiger partial charge in [-0.05, 0) is 25.0 Å². The van der Waals surface area contributed by atoms with Gasteiger partial charge >= 0.3 is 0 Å². The van der Waals surface area contributed by atoms with Crippen LogP contribution in [-0.4, -0.2) is 17.2 Å². The number of benzene rings is 1. The largest absolute Gasteiger partial charge is 0.506 e. The maximum Gasteiger partial charge on any atom is 0.243 e. The summed E-state index contributed by atoms with van der Waals surface area (Å²) in [7, 11) is 0. The first kappa shape index (κ1) is 15.1. The molecule has 0 radical (unpaired) electrons. The molecule has 0 bridgehead atoms. The third-order valence-electron chi connectivity index (χ3n) is 3.41. The van der Waals surface area contributed by atoms with E-state index in [2.05, 4.69) is 10.5 Å². The lowest BCUT2D eigenvalue weighted by atomic mass is 9.89. The third kappa shape index (κ3) is 3.87. The minimum atomic E-state index is -0.105. The molecule has 0 spiro atoms. The number of hydrazone groups is 1. The summed E-state index contributed by atoms with van der Waals surface area (Å²) in [5.74, 6) is -0.141. The van der Waals surface area contributed by atoms with Crippen LogP contribution < -0.4 is 5.43 Å². The van der Waals surface area contributed by atoms with E-state index < -0.39 is 0 Å². The SMILES string of the molecule is O=C(NN=Cc1cc(Cl)cc(Cl)c1O)C1CCCCC1. The molecule has 1 amide bonds. The number of nitrogens with one attached hydrogen (secondary N) is 1. The smallest absolute Gasteiger partial charge is 0.243 e. The Hall–Kier alpha value is -1.26. The number of rotatable bonds is 3. The lowest BCUT2D eigenvalue weighted by Gasteiger charge is -2.19. The molecule has 4 nitrogen and oxygen atoms in total. The first-order valence-electron chi connectivity index (χ1n) is 6.59. The van der Waals surface area contributed by atoms with Crippen molar-refractivity contribution in [1.29, 1.82) is 0 Å². The number of hydrogen-bond donors (Lipinski definition) is 2. The van der Waals surface area contributed by atoms with Crippen molar-refractivity contribution in [2.75, 3.05) is 0 Å². The summed E-state index contributed by atoms with van der Waals surface area (Å²) in [6.45, 7) is 0. The van der Waals surface area contributed by atoms with Gasteiger partial charge in [0.15, 0.2) is 0 Å². The average molecular weight is 315 g/mol. The topological polar surface area (TPSA) is 61.7 Å². The second-order valence-electron chi connectivity index (χ2n) is 4.89. The summed E-state index contributed by atoms with van der Waals surface area (Å²) in [5.41, 5.74) is 2.87. The molecule has 0 aliphatic heterocycles. The third-order valence-corrected chi connectivity index (χ3v) is 3.92. The van der Waals surface area contributed by atoms with E-state index in [0.717, 1.165) is 25.7 Å². The van der Waals surface area contributed by atoms with Crippen LogP contribution in [-0.2, 0) is 4.79 Å². The summed E-state index contributed by atoms with van der Waals surface area (Å²) in [6.07, 6.45) is 6.54. The Labute approximate surface area is 127 Å². The van der Waals surface area contributed by atoms with Crippen LogP contribution in [0.5, 0.6) is 5.75 Å². The summed E-state index contributed by atoms with van der Waals surface area (Å²) in [5, 5.41) is 14.1. The number of nitrogens with zero attached hydrogens (tertiary/aromatic N) is 1. The molecule has 2 rings (SSSR count). The molecule has 2 N–H and O–H groups in total. The Kier molecular flexibility index (Phi) is 5.26. The standard InChI is InChI=1S/C14H16Cl2N2O2/c15-11-6-10(13(19)12(16)7-11)8-17-18-14(20)9-4-2-1-3-5-9/h6-9,19H,1-5H2,(H,18,20). The highest BCUT2D eigenvalue weighted by molar-refractivity contribution is 6.36. The van der Waals surface area contributed by atoms with Crippen molar-refractivity contribution in [2.24, 2.45) is 11.0 Å². The van der Waals surface area contributed by atoms with Gasteiger partial charge in [-0.25, -0.2) is 5.43 Å². The molecule has 6 heteroatoms. The maximum atomic E-state index is 11.9. The summed E-state index contributed by atoms with van der Waals surface area (Å²) in [6, 6.07) is 2.97. The van der Waals surface area contributed by atoms with Gasteiger partial charge in [0.2, 0.25) is 5.91 Å². The maximum absolute atomic E-state index is 11.9. The molecule has 1 aliphatic rings. The molecule has 108 valence electrons. The summed E-state index contributed by atoms with van der Waals surface area (Å²) >= 11 is 11.6. The molecular formula is C14H16Cl2N2O2. The number of phenolic OH excluding ortho intramolecular Hbond substituents is 1. The van der Waals surface area contributed by atoms with Crippen LogP contribution in [0.25, 0.3) is 0 Å². The molecule has 0 aromatic heterocycles. The zero-order valence-corrected chi connectivity index (χ0v) is 12.4. The molecule has 1 fully saturated rings. The molecule has 1 aromatic rings. The molecule has 0 saturated heterocycles. The van der Waals surface area contributed by atoms with Crippen molar-refractivity contribution in [2.45, 2.75) is 32.1 Å². The number of halogens is 2. The van der Waals surface area contributed by atoms with Crippen LogP contribution in [0.3, 0.4) is 0 Å². The quantitative estimate of drug-likeness (QED) is 0.659. The first-order chi connectivity index (χ1) is 9.58. The number of amides is 1. The van der Waals surface area contributed by atoms with E-state index in [-0.39, 0.29) is 22.6 Å². The number of hydrogen-bond acceptors (Lipinski definition) is 3. The minimum absolute atomic E-state index is 0.0393. The molecule has 1 aromatic carbocycles. The monoisotopic (exact) mass is 314 g/mol. The van der Waals surface area contributed by atoms with E-state index in [1.54, 1.807) is 0 Å². The summed E-state index contributed by atoms with van der Waals surface area (Å²) in [4.78, 5) is 11.9. The van der Waals surface area contributed by atoms with Crippen molar-refractivity contribution in [3.8, 4) is 5.75 Å². The van der Waals surface area contributed by atoms with Crippen molar-refractivity contribution in [3.05, 3.63) is 27.7 Å². The molecule has 0 heterocycles. The van der Waals surface area contributed by atoms with Crippen molar-refractivity contribution >= 4 is 35.3 Å². The van der Waals surface area contributed by atoms with Gasteiger partial charge in [-0.2, -0.15) is 5.10 Å². The van der Waals surface area contributed by atoms with Crippen molar-refractivity contribution in [1.82, 2.24) is 5.43 Å². The van der Waals surface area contributed by atoms with E-state index in [9.17, 15) is 9.90 Å². The fourth-order valence-corrected chi connectivity index (χ4v) is 2.81. The fraction of sp³-hybridized carbons (Fsp3) is 0.429. The van der Waals surface area contributed by atoms with E-state index in [1.807, 2.05) is 0 Å². The van der Waals surface area contributed by atoms with E-state index >= 15 is 0 Å². The predicted molar refractivity (Wildman–Crippen MR) is 80.4 cm³/mol. The van der Waals surface area contributed by atoms with Crippen LogP contribution in [0.4, 0.5) is 0 Å². The number of aromatic hydroxyl groups is 1. The Morgan fingerprint density at radius 1 is 1.30 bits per heavy atom. The molecule has 1 saturated carbocycles. The second kappa shape index (κ2) is 6.95. The van der Waals surface area contributed by atoms with Gasteiger partial charge in [-0.3, -0.25) is 4.79 Å². The van der Waals surface area contributed by atoms with E-state index in [0.29, 0.717) is 10.6 Å². The van der Waals surface area contributed by atoms with E-state index in [1.165, 1.54) is 24.8 Å². The highest BCUT2D eigenvalue weighted by atomic mass is 35.5. The Morgan fingerprint density at radius 2 is 2.00 bits per heavy atom. The average Bonchev–Trinajstić information content (AvgIpc) is 2.44. The van der Waals surface area contributed by atoms with Crippen LogP contribution in [0.2, 0.25) is 10.0 Å². The van der Waals surface area contributed by atoms with Crippen molar-refractivity contribution < 1.29 is 9.90 Å². The number of carbonyl (C=O) groups is 1. The number of carbonyl (C=O) groups excluding carboxylic acids is 1. The molecule has 1 aliphatic carbocycles. The van der Waals surface area contributed by atoms with Crippen LogP contribution >= 0.6 is 23.2 Å². The summed E-state index contributed by atoms with van der Waals surface area (Å²) < 4.78 is 0. The molecular weight excluding hydrogens is 299 g/mol. The Morgan fingerprint density at radius 3 is 2.70 bits per heavy atom. The van der Waals surface area contributed by atoms with Gasteiger partial charge < -0.3 is 5.11 Å². The Bertz CT molecular complexity index is 526. The zero-order chi connectivity index (χ0) is 14.5. The molecule has 20 heavy (non-hydrogen) atoms. The van der Waals surface area contributed by atoms with Gasteiger partial charge in [0, 0.05) is 16.5 Å². The molecule has 0 unspecified atom stereocenters. The van der Waals surface area contributed by atoms with E-state index in [4.69, 9.17) is 23.2 Å². The zero-order valence-electron chi connectivity index (χ0n) is 10.9. The van der Waals surface area contributed by atoms with Gasteiger partial charge in [0.1, 0.15) is 5.75 Å². The van der Waals surface area contributed by atoms with Crippen LogP contribution in [0.15, 0.2) is 17.2 Å². The number of phenols is 1. The van der Waals surface area contributed by atoms with Gasteiger partial charge in [-0.1, -0.05) is 42.5 Å². The first-order valence-corrected chi connectivity index (χ1v) is 7.34. The van der Waals surface area contributed by atoms with Crippen LogP contribution in [0, 0.1) is 5.92 Å². The van der Waals surface area contributed by atoms with Gasteiger partial charge in [0.05, 0.1) is 11.2 Å². The van der Waals surface area contributed by atoms with Gasteiger partial charge in [0.25, 0.3) is 0 Å². The van der Waals surface area contributed by atoms with Crippen LogP contribution in [0.1, 0.15) is 37.7 Å². The lowest BCUT2D eigenvalue weighted by Crippen LogP contribution is -2.28. The van der Waals surface area contributed by atoms with Gasteiger partial charge in [-0.15, -0.1) is 0 Å². The molecule has 0 atom stereocenters.